The molecule has 2 rings (SSSR count). The Morgan fingerprint density at radius 3 is 2.90 bits per heavy atom. The molecule has 0 fully saturated rings. The fourth-order valence-electron chi connectivity index (χ4n) is 1.86. The van der Waals surface area contributed by atoms with Crippen molar-refractivity contribution < 1.29 is 4.79 Å². The standard InChI is InChI=1S/C14H17ClN4O.ClH/c1-2-16-6-7-17-14(20)12-9-18-19-13(12)10-4-3-5-11(15)8-10;/h3-5,8-9,16H,2,6-7H2,1H3,(H,17,20)(H,18,19);1H. The second-order valence-electron chi connectivity index (χ2n) is 4.28. The fraction of sp³-hybridized carbons (Fsp3) is 0.286. The molecule has 21 heavy (non-hydrogen) atoms. The summed E-state index contributed by atoms with van der Waals surface area (Å²) in [6, 6.07) is 7.31. The van der Waals surface area contributed by atoms with E-state index in [2.05, 4.69) is 20.8 Å². The molecule has 0 atom stereocenters. The Morgan fingerprint density at radius 2 is 2.19 bits per heavy atom. The third-order valence-electron chi connectivity index (χ3n) is 2.83. The Hall–Kier alpha value is -1.56. The number of hydrogen-bond donors (Lipinski definition) is 3. The van der Waals surface area contributed by atoms with Crippen LogP contribution in [-0.2, 0) is 0 Å². The van der Waals surface area contributed by atoms with Crippen LogP contribution in [0.3, 0.4) is 0 Å². The minimum atomic E-state index is -0.147. The highest BCUT2D eigenvalue weighted by atomic mass is 35.5. The van der Waals surface area contributed by atoms with Crippen LogP contribution in [0.5, 0.6) is 0 Å². The molecule has 1 aromatic carbocycles. The van der Waals surface area contributed by atoms with Crippen molar-refractivity contribution in [3.63, 3.8) is 0 Å². The van der Waals surface area contributed by atoms with Crippen molar-refractivity contribution in [2.75, 3.05) is 19.6 Å². The van der Waals surface area contributed by atoms with Crippen LogP contribution >= 0.6 is 24.0 Å². The average molecular weight is 329 g/mol. The number of halogens is 2. The Bertz CT molecular complexity index is 586. The lowest BCUT2D eigenvalue weighted by Crippen LogP contribution is -2.31. The summed E-state index contributed by atoms with van der Waals surface area (Å²) >= 11 is 5.97. The van der Waals surface area contributed by atoms with Gasteiger partial charge in [0.15, 0.2) is 0 Å². The number of carbonyl (C=O) groups excluding carboxylic acids is 1. The first-order valence-corrected chi connectivity index (χ1v) is 6.88. The van der Waals surface area contributed by atoms with E-state index in [1.165, 1.54) is 6.20 Å². The largest absolute Gasteiger partial charge is 0.351 e. The van der Waals surface area contributed by atoms with Gasteiger partial charge in [0.1, 0.15) is 0 Å². The maximum Gasteiger partial charge on any atom is 0.255 e. The monoisotopic (exact) mass is 328 g/mol. The number of aromatic nitrogens is 2. The maximum atomic E-state index is 12.1. The molecule has 1 amide bonds. The Kier molecular flexibility index (Phi) is 7.22. The molecule has 0 unspecified atom stereocenters. The van der Waals surface area contributed by atoms with Crippen molar-refractivity contribution in [3.8, 4) is 11.3 Å². The van der Waals surface area contributed by atoms with Crippen molar-refractivity contribution >= 4 is 29.9 Å². The lowest BCUT2D eigenvalue weighted by molar-refractivity contribution is 0.0954. The predicted molar refractivity (Wildman–Crippen MR) is 87.2 cm³/mol. The van der Waals surface area contributed by atoms with Crippen LogP contribution in [0.4, 0.5) is 0 Å². The van der Waals surface area contributed by atoms with Gasteiger partial charge in [0.05, 0.1) is 17.5 Å². The lowest BCUT2D eigenvalue weighted by Gasteiger charge is -2.06. The molecule has 0 bridgehead atoms. The first-order valence-electron chi connectivity index (χ1n) is 6.50. The average Bonchev–Trinajstić information content (AvgIpc) is 2.93. The molecule has 0 saturated carbocycles. The molecule has 0 radical (unpaired) electrons. The minimum Gasteiger partial charge on any atom is -0.351 e. The van der Waals surface area contributed by atoms with E-state index in [9.17, 15) is 4.79 Å². The third kappa shape index (κ3) is 4.74. The highest BCUT2D eigenvalue weighted by Gasteiger charge is 2.14. The first-order chi connectivity index (χ1) is 9.72. The number of nitrogens with zero attached hydrogens (tertiary/aromatic N) is 1. The molecule has 0 aliphatic rings. The van der Waals surface area contributed by atoms with Crippen LogP contribution in [0.25, 0.3) is 11.3 Å². The van der Waals surface area contributed by atoms with Gasteiger partial charge in [-0.25, -0.2) is 0 Å². The molecule has 114 valence electrons. The number of amides is 1. The van der Waals surface area contributed by atoms with E-state index in [0.717, 1.165) is 18.7 Å². The second-order valence-corrected chi connectivity index (χ2v) is 4.71. The zero-order chi connectivity index (χ0) is 14.4. The number of rotatable bonds is 6. The number of aromatic amines is 1. The molecule has 0 aliphatic heterocycles. The lowest BCUT2D eigenvalue weighted by atomic mass is 10.1. The van der Waals surface area contributed by atoms with E-state index in [1.807, 2.05) is 19.1 Å². The van der Waals surface area contributed by atoms with Crippen LogP contribution in [0, 0.1) is 0 Å². The van der Waals surface area contributed by atoms with E-state index in [-0.39, 0.29) is 18.3 Å². The number of nitrogens with one attached hydrogen (secondary N) is 3. The summed E-state index contributed by atoms with van der Waals surface area (Å²) in [6.45, 7) is 4.23. The highest BCUT2D eigenvalue weighted by Crippen LogP contribution is 2.23. The summed E-state index contributed by atoms with van der Waals surface area (Å²) in [4.78, 5) is 12.1. The van der Waals surface area contributed by atoms with Gasteiger partial charge in [0, 0.05) is 23.7 Å². The summed E-state index contributed by atoms with van der Waals surface area (Å²) in [7, 11) is 0. The number of likely N-dealkylation sites (N-methyl/N-ethyl adjacent to an activating group) is 1. The van der Waals surface area contributed by atoms with Gasteiger partial charge in [-0.3, -0.25) is 9.89 Å². The van der Waals surface area contributed by atoms with Crippen molar-refractivity contribution in [2.45, 2.75) is 6.92 Å². The second kappa shape index (κ2) is 8.67. The Labute approximate surface area is 134 Å². The molecule has 0 aliphatic carbocycles. The molecule has 0 spiro atoms. The molecule has 3 N–H and O–H groups in total. The van der Waals surface area contributed by atoms with Gasteiger partial charge in [0.25, 0.3) is 5.91 Å². The van der Waals surface area contributed by atoms with Gasteiger partial charge in [-0.05, 0) is 18.7 Å². The molecule has 1 aromatic heterocycles. The number of hydrogen-bond acceptors (Lipinski definition) is 3. The third-order valence-corrected chi connectivity index (χ3v) is 3.07. The number of benzene rings is 1. The SMILES string of the molecule is CCNCCNC(=O)c1cn[nH]c1-c1cccc(Cl)c1.Cl. The first kappa shape index (κ1) is 17.5. The smallest absolute Gasteiger partial charge is 0.255 e. The van der Waals surface area contributed by atoms with Crippen molar-refractivity contribution in [2.24, 2.45) is 0 Å². The van der Waals surface area contributed by atoms with Crippen LogP contribution in [-0.4, -0.2) is 35.7 Å². The van der Waals surface area contributed by atoms with E-state index < -0.39 is 0 Å². The maximum absolute atomic E-state index is 12.1. The highest BCUT2D eigenvalue weighted by molar-refractivity contribution is 6.30. The van der Waals surface area contributed by atoms with Crippen LogP contribution in [0.1, 0.15) is 17.3 Å². The summed E-state index contributed by atoms with van der Waals surface area (Å²) in [5.74, 6) is -0.147. The fourth-order valence-corrected chi connectivity index (χ4v) is 2.05. The topological polar surface area (TPSA) is 69.8 Å². The van der Waals surface area contributed by atoms with E-state index in [0.29, 0.717) is 22.8 Å². The Balaban J connectivity index is 0.00000220. The predicted octanol–water partition coefficient (Wildman–Crippen LogP) is 2.49. The van der Waals surface area contributed by atoms with Gasteiger partial charge < -0.3 is 10.6 Å². The number of carbonyl (C=O) groups is 1. The molecular weight excluding hydrogens is 311 g/mol. The van der Waals surface area contributed by atoms with Gasteiger partial charge in [-0.1, -0.05) is 30.7 Å². The van der Waals surface area contributed by atoms with Gasteiger partial charge >= 0.3 is 0 Å². The quantitative estimate of drug-likeness (QED) is 0.713. The summed E-state index contributed by atoms with van der Waals surface area (Å²) in [5.41, 5.74) is 2.03. The van der Waals surface area contributed by atoms with Gasteiger partial charge in [-0.15, -0.1) is 12.4 Å². The zero-order valence-corrected chi connectivity index (χ0v) is 13.2. The van der Waals surface area contributed by atoms with Crippen molar-refractivity contribution in [3.05, 3.63) is 41.0 Å². The zero-order valence-electron chi connectivity index (χ0n) is 11.6. The van der Waals surface area contributed by atoms with E-state index in [4.69, 9.17) is 11.6 Å². The van der Waals surface area contributed by atoms with E-state index >= 15 is 0 Å². The Morgan fingerprint density at radius 1 is 1.38 bits per heavy atom. The minimum absolute atomic E-state index is 0. The normalized spacial score (nSPS) is 10.0. The molecule has 2 aromatic rings. The van der Waals surface area contributed by atoms with Crippen molar-refractivity contribution in [1.29, 1.82) is 0 Å². The summed E-state index contributed by atoms with van der Waals surface area (Å²) < 4.78 is 0. The van der Waals surface area contributed by atoms with Crippen LogP contribution < -0.4 is 10.6 Å². The van der Waals surface area contributed by atoms with Crippen molar-refractivity contribution in [1.82, 2.24) is 20.8 Å². The molecule has 7 heteroatoms. The molecular formula is C14H18Cl2N4O. The molecule has 0 saturated heterocycles. The van der Waals surface area contributed by atoms with Crippen LogP contribution in [0.15, 0.2) is 30.5 Å². The number of H-pyrrole nitrogens is 1. The molecule has 1 heterocycles. The van der Waals surface area contributed by atoms with Gasteiger partial charge in [0.2, 0.25) is 0 Å². The molecule has 5 nitrogen and oxygen atoms in total. The summed E-state index contributed by atoms with van der Waals surface area (Å²) in [6.07, 6.45) is 1.53. The van der Waals surface area contributed by atoms with Crippen LogP contribution in [0.2, 0.25) is 5.02 Å². The summed E-state index contributed by atoms with van der Waals surface area (Å²) in [5, 5.41) is 13.4. The van der Waals surface area contributed by atoms with E-state index in [1.54, 1.807) is 12.1 Å². The van der Waals surface area contributed by atoms with Gasteiger partial charge in [-0.2, -0.15) is 5.10 Å².